The molecule has 0 spiro atoms. The number of carbonyl (C=O) groups is 2. The van der Waals surface area contributed by atoms with Gasteiger partial charge in [0.2, 0.25) is 11.8 Å². The average Bonchev–Trinajstić information content (AvgIpc) is 2.78. The summed E-state index contributed by atoms with van der Waals surface area (Å²) in [4.78, 5) is 26.4. The molecule has 3 atom stereocenters. The second kappa shape index (κ2) is 5.98. The molecule has 1 saturated heterocycles. The van der Waals surface area contributed by atoms with E-state index < -0.39 is 6.04 Å². The van der Waals surface area contributed by atoms with Gasteiger partial charge in [0.25, 0.3) is 0 Å². The molecule has 2 aliphatic rings. The second-order valence-electron chi connectivity index (χ2n) is 6.07. The first-order chi connectivity index (χ1) is 10.2. The van der Waals surface area contributed by atoms with Crippen LogP contribution in [0.4, 0.5) is 0 Å². The SMILES string of the molecule is O=C1C2CCCCC2C(=O)N1[C@@H](CO)Cc1ccccc1. The van der Waals surface area contributed by atoms with E-state index in [1.807, 2.05) is 30.3 Å². The molecule has 2 unspecified atom stereocenters. The van der Waals surface area contributed by atoms with E-state index in [0.29, 0.717) is 6.42 Å². The predicted molar refractivity (Wildman–Crippen MR) is 78.3 cm³/mol. The molecule has 1 aromatic carbocycles. The van der Waals surface area contributed by atoms with Crippen molar-refractivity contribution in [1.29, 1.82) is 0 Å². The Kier molecular flexibility index (Phi) is 4.06. The van der Waals surface area contributed by atoms with E-state index in [1.165, 1.54) is 4.90 Å². The zero-order chi connectivity index (χ0) is 14.8. The molecule has 1 heterocycles. The van der Waals surface area contributed by atoms with Crippen molar-refractivity contribution in [2.24, 2.45) is 11.8 Å². The van der Waals surface area contributed by atoms with Crippen LogP contribution in [0.5, 0.6) is 0 Å². The Bertz CT molecular complexity index is 504. The molecule has 1 aromatic rings. The van der Waals surface area contributed by atoms with Gasteiger partial charge in [0.05, 0.1) is 24.5 Å². The number of imide groups is 1. The van der Waals surface area contributed by atoms with Crippen LogP contribution < -0.4 is 0 Å². The van der Waals surface area contributed by atoms with Crippen LogP contribution in [-0.2, 0) is 16.0 Å². The first kappa shape index (κ1) is 14.3. The zero-order valence-electron chi connectivity index (χ0n) is 12.1. The first-order valence-corrected chi connectivity index (χ1v) is 7.74. The number of aliphatic hydroxyl groups excluding tert-OH is 1. The lowest BCUT2D eigenvalue weighted by molar-refractivity contribution is -0.143. The Hall–Kier alpha value is -1.68. The average molecular weight is 287 g/mol. The minimum atomic E-state index is -0.432. The molecule has 1 N–H and O–H groups in total. The number of amides is 2. The lowest BCUT2D eigenvalue weighted by atomic mass is 9.81. The number of hydrogen-bond acceptors (Lipinski definition) is 3. The van der Waals surface area contributed by atoms with E-state index in [2.05, 4.69) is 0 Å². The molecule has 112 valence electrons. The van der Waals surface area contributed by atoms with Crippen molar-refractivity contribution in [2.45, 2.75) is 38.1 Å². The smallest absolute Gasteiger partial charge is 0.233 e. The number of nitrogens with zero attached hydrogens (tertiary/aromatic N) is 1. The highest BCUT2D eigenvalue weighted by atomic mass is 16.3. The summed E-state index contributed by atoms with van der Waals surface area (Å²) in [7, 11) is 0. The van der Waals surface area contributed by atoms with E-state index >= 15 is 0 Å². The summed E-state index contributed by atoms with van der Waals surface area (Å²) in [5.74, 6) is -0.425. The lowest BCUT2D eigenvalue weighted by Gasteiger charge is -2.25. The fraction of sp³-hybridized carbons (Fsp3) is 0.529. The molecule has 0 aromatic heterocycles. The van der Waals surface area contributed by atoms with Crippen molar-refractivity contribution in [3.63, 3.8) is 0 Å². The molecule has 2 fully saturated rings. The van der Waals surface area contributed by atoms with Crippen LogP contribution in [0.15, 0.2) is 30.3 Å². The third kappa shape index (κ3) is 2.60. The van der Waals surface area contributed by atoms with E-state index in [1.54, 1.807) is 0 Å². The van der Waals surface area contributed by atoms with Gasteiger partial charge in [-0.2, -0.15) is 0 Å². The van der Waals surface area contributed by atoms with Crippen molar-refractivity contribution in [3.05, 3.63) is 35.9 Å². The summed E-state index contributed by atoms with van der Waals surface area (Å²) in [6, 6.07) is 9.27. The molecule has 4 heteroatoms. The van der Waals surface area contributed by atoms with Crippen molar-refractivity contribution in [1.82, 2.24) is 4.90 Å². The molecule has 2 amide bonds. The van der Waals surface area contributed by atoms with Gasteiger partial charge in [-0.3, -0.25) is 14.5 Å². The first-order valence-electron chi connectivity index (χ1n) is 7.74. The third-order valence-electron chi connectivity index (χ3n) is 4.77. The van der Waals surface area contributed by atoms with Gasteiger partial charge in [-0.25, -0.2) is 0 Å². The summed E-state index contributed by atoms with van der Waals surface area (Å²) in [6.07, 6.45) is 4.20. The third-order valence-corrected chi connectivity index (χ3v) is 4.77. The van der Waals surface area contributed by atoms with E-state index in [9.17, 15) is 14.7 Å². The number of hydrogen-bond donors (Lipinski definition) is 1. The zero-order valence-corrected chi connectivity index (χ0v) is 12.1. The summed E-state index contributed by atoms with van der Waals surface area (Å²) < 4.78 is 0. The second-order valence-corrected chi connectivity index (χ2v) is 6.07. The maximum atomic E-state index is 12.5. The van der Waals surface area contributed by atoms with Gasteiger partial charge >= 0.3 is 0 Å². The lowest BCUT2D eigenvalue weighted by Crippen LogP contribution is -2.44. The summed E-state index contributed by atoms with van der Waals surface area (Å²) in [5.41, 5.74) is 1.03. The van der Waals surface area contributed by atoms with E-state index in [4.69, 9.17) is 0 Å². The number of benzene rings is 1. The highest BCUT2D eigenvalue weighted by Crippen LogP contribution is 2.39. The topological polar surface area (TPSA) is 57.6 Å². The highest BCUT2D eigenvalue weighted by Gasteiger charge is 2.50. The summed E-state index contributed by atoms with van der Waals surface area (Å²) >= 11 is 0. The predicted octanol–water partition coefficient (Wildman–Crippen LogP) is 1.77. The van der Waals surface area contributed by atoms with Crippen LogP contribution in [-0.4, -0.2) is 34.5 Å². The largest absolute Gasteiger partial charge is 0.394 e. The Labute approximate surface area is 124 Å². The van der Waals surface area contributed by atoms with Crippen molar-refractivity contribution in [2.75, 3.05) is 6.61 Å². The van der Waals surface area contributed by atoms with Crippen LogP contribution in [0, 0.1) is 11.8 Å². The van der Waals surface area contributed by atoms with Gasteiger partial charge < -0.3 is 5.11 Å². The van der Waals surface area contributed by atoms with Gasteiger partial charge in [0.1, 0.15) is 0 Å². The fourth-order valence-corrected chi connectivity index (χ4v) is 3.67. The Balaban J connectivity index is 1.80. The van der Waals surface area contributed by atoms with Crippen LogP contribution in [0.3, 0.4) is 0 Å². The number of fused-ring (bicyclic) bond motifs is 1. The van der Waals surface area contributed by atoms with Crippen LogP contribution in [0.1, 0.15) is 31.2 Å². The van der Waals surface area contributed by atoms with E-state index in [-0.39, 0.29) is 30.3 Å². The molecular weight excluding hydrogens is 266 g/mol. The molecule has 1 aliphatic carbocycles. The molecule has 21 heavy (non-hydrogen) atoms. The minimum absolute atomic E-state index is 0.0697. The maximum Gasteiger partial charge on any atom is 0.233 e. The monoisotopic (exact) mass is 287 g/mol. The molecular formula is C17H21NO3. The van der Waals surface area contributed by atoms with Crippen molar-refractivity contribution >= 4 is 11.8 Å². The van der Waals surface area contributed by atoms with Gasteiger partial charge in [-0.1, -0.05) is 43.2 Å². The molecule has 0 radical (unpaired) electrons. The van der Waals surface area contributed by atoms with Crippen LogP contribution >= 0.6 is 0 Å². The van der Waals surface area contributed by atoms with Gasteiger partial charge in [0.15, 0.2) is 0 Å². The Morgan fingerprint density at radius 1 is 1.05 bits per heavy atom. The minimum Gasteiger partial charge on any atom is -0.394 e. The van der Waals surface area contributed by atoms with Gasteiger partial charge in [-0.15, -0.1) is 0 Å². The number of aliphatic hydroxyl groups is 1. The van der Waals surface area contributed by atoms with E-state index in [0.717, 1.165) is 31.2 Å². The summed E-state index contributed by atoms with van der Waals surface area (Å²) in [6.45, 7) is -0.175. The molecule has 0 bridgehead atoms. The van der Waals surface area contributed by atoms with Crippen molar-refractivity contribution in [3.8, 4) is 0 Å². The number of rotatable bonds is 4. The number of carbonyl (C=O) groups excluding carboxylic acids is 2. The quantitative estimate of drug-likeness (QED) is 0.859. The number of likely N-dealkylation sites (tertiary alicyclic amines) is 1. The fourth-order valence-electron chi connectivity index (χ4n) is 3.67. The Morgan fingerprint density at radius 3 is 2.14 bits per heavy atom. The highest BCUT2D eigenvalue weighted by molar-refractivity contribution is 6.05. The molecule has 1 saturated carbocycles. The maximum absolute atomic E-state index is 12.5. The van der Waals surface area contributed by atoms with Gasteiger partial charge in [0, 0.05) is 0 Å². The standard InChI is InChI=1S/C17H21NO3/c19-11-13(10-12-6-2-1-3-7-12)18-16(20)14-8-4-5-9-15(14)17(18)21/h1-3,6-7,13-15,19H,4-5,8-11H2/t13-,14?,15?/m1/s1. The van der Waals surface area contributed by atoms with Crippen LogP contribution in [0.25, 0.3) is 0 Å². The van der Waals surface area contributed by atoms with Crippen LogP contribution in [0.2, 0.25) is 0 Å². The van der Waals surface area contributed by atoms with Gasteiger partial charge in [-0.05, 0) is 24.8 Å². The van der Waals surface area contributed by atoms with Crippen molar-refractivity contribution < 1.29 is 14.7 Å². The molecule has 1 aliphatic heterocycles. The summed E-state index contributed by atoms with van der Waals surface area (Å²) in [5, 5.41) is 9.67. The molecule has 4 nitrogen and oxygen atoms in total. The Morgan fingerprint density at radius 2 is 1.62 bits per heavy atom. The normalized spacial score (nSPS) is 26.8. The molecule has 3 rings (SSSR count).